The summed E-state index contributed by atoms with van der Waals surface area (Å²) in [6.07, 6.45) is 18.4. The van der Waals surface area contributed by atoms with Gasteiger partial charge in [-0.15, -0.1) is 0 Å². The lowest BCUT2D eigenvalue weighted by Crippen LogP contribution is -2.19. The van der Waals surface area contributed by atoms with E-state index >= 15 is 0 Å². The van der Waals surface area contributed by atoms with Gasteiger partial charge in [-0.3, -0.25) is 0 Å². The number of ether oxygens (including phenoxy) is 2. The van der Waals surface area contributed by atoms with Gasteiger partial charge in [0, 0.05) is 45.1 Å². The molecule has 9 aromatic rings. The van der Waals surface area contributed by atoms with Crippen molar-refractivity contribution in [1.29, 1.82) is 0 Å². The predicted octanol–water partition coefficient (Wildman–Crippen LogP) is 19.6. The molecule has 0 saturated carbocycles. The molecule has 12 rings (SSSR count). The first-order valence-corrected chi connectivity index (χ1v) is 28.4. The monoisotopic (exact) mass is 1070 g/mol. The van der Waals surface area contributed by atoms with Gasteiger partial charge in [-0.2, -0.15) is 0 Å². The minimum absolute atomic E-state index is 0.241. The van der Waals surface area contributed by atoms with E-state index in [1.807, 2.05) is 48.5 Å². The van der Waals surface area contributed by atoms with Crippen LogP contribution in [0.1, 0.15) is 128 Å². The lowest BCUT2D eigenvalue weighted by Gasteiger charge is -2.31. The Hall–Kier alpha value is -10.2. The second kappa shape index (κ2) is 21.7. The van der Waals surface area contributed by atoms with Gasteiger partial charge in [0.15, 0.2) is 0 Å². The van der Waals surface area contributed by atoms with Gasteiger partial charge in [0.1, 0.15) is 23.7 Å². The molecule has 0 N–H and O–H groups in total. The van der Waals surface area contributed by atoms with Gasteiger partial charge in [-0.25, -0.2) is 0 Å². The van der Waals surface area contributed by atoms with Crippen molar-refractivity contribution in [1.82, 2.24) is 0 Å². The molecule has 0 heterocycles. The van der Waals surface area contributed by atoms with Crippen LogP contribution < -0.4 is 14.4 Å². The first-order chi connectivity index (χ1) is 40.2. The molecule has 3 aliphatic rings. The third-order valence-electron chi connectivity index (χ3n) is 16.9. The van der Waals surface area contributed by atoms with Crippen molar-refractivity contribution in [3.05, 3.63) is 254 Å². The van der Waals surface area contributed by atoms with Gasteiger partial charge in [0.25, 0.3) is 0 Å². The molecule has 0 bridgehead atoms. The Labute approximate surface area is 490 Å². The molecule has 0 amide bonds. The highest BCUT2D eigenvalue weighted by molar-refractivity contribution is 5.92. The molecule has 3 heteroatoms. The minimum atomic E-state index is -0.268. The molecule has 0 saturated heterocycles. The van der Waals surface area contributed by atoms with Crippen LogP contribution in [0.4, 0.5) is 17.1 Å². The summed E-state index contributed by atoms with van der Waals surface area (Å²) in [5.74, 6) is 17.7. The molecule has 400 valence electrons. The SMILES string of the molecule is CC#CC#COc1ccc(/C=C/c2ccc3c(c2)C(C)(C)c2cc(N(c4ccc5c(c4)C(C)(C)c4cc(/C=C/c6ccc(C)cc6)ccc4-5)c4ccc5c(c4)C(C)(C)c4cc(/C=C/c6ccc(OC#CC#CC)cc6)ccc4-5)ccc2-3)cc1. The van der Waals surface area contributed by atoms with Crippen molar-refractivity contribution in [2.24, 2.45) is 0 Å². The van der Waals surface area contributed by atoms with E-state index in [4.69, 9.17) is 9.47 Å². The van der Waals surface area contributed by atoms with E-state index in [2.05, 4.69) is 271 Å². The van der Waals surface area contributed by atoms with Gasteiger partial charge < -0.3 is 14.4 Å². The molecule has 0 radical (unpaired) electrons. The summed E-state index contributed by atoms with van der Waals surface area (Å²) in [5, 5.41) is 0. The summed E-state index contributed by atoms with van der Waals surface area (Å²) in [6, 6.07) is 66.8. The maximum Gasteiger partial charge on any atom is 0.140 e. The van der Waals surface area contributed by atoms with E-state index in [1.54, 1.807) is 13.8 Å². The molecule has 3 nitrogen and oxygen atoms in total. The number of aryl methyl sites for hydroxylation is 1. The number of nitrogens with zero attached hydrogens (tertiary/aromatic N) is 1. The fourth-order valence-electron chi connectivity index (χ4n) is 12.3. The molecular formula is C80H63NO2. The fourth-order valence-corrected chi connectivity index (χ4v) is 12.3. The van der Waals surface area contributed by atoms with Crippen molar-refractivity contribution in [3.63, 3.8) is 0 Å². The summed E-state index contributed by atoms with van der Waals surface area (Å²) in [4.78, 5) is 2.50. The maximum absolute atomic E-state index is 5.54. The van der Waals surface area contributed by atoms with E-state index < -0.39 is 0 Å². The second-order valence-electron chi connectivity index (χ2n) is 23.3. The average Bonchev–Trinajstić information content (AvgIpc) is 3.43. The highest BCUT2D eigenvalue weighted by Crippen LogP contribution is 2.55. The summed E-state index contributed by atoms with van der Waals surface area (Å²) in [5.41, 5.74) is 26.3. The molecule has 0 unspecified atom stereocenters. The van der Waals surface area contributed by atoms with Crippen molar-refractivity contribution < 1.29 is 9.47 Å². The zero-order valence-electron chi connectivity index (χ0n) is 48.5. The average molecular weight is 1070 g/mol. The number of hydrogen-bond acceptors (Lipinski definition) is 3. The zero-order valence-corrected chi connectivity index (χ0v) is 48.5. The molecular weight excluding hydrogens is 1010 g/mol. The normalized spacial score (nSPS) is 13.8. The van der Waals surface area contributed by atoms with Gasteiger partial charge in [0.2, 0.25) is 0 Å². The Morgan fingerprint density at radius 2 is 0.578 bits per heavy atom. The number of fused-ring (bicyclic) bond motifs is 9. The Bertz CT molecular complexity index is 4230. The Morgan fingerprint density at radius 1 is 0.313 bits per heavy atom. The van der Waals surface area contributed by atoms with Crippen molar-refractivity contribution in [2.75, 3.05) is 4.90 Å². The molecule has 0 aromatic heterocycles. The Kier molecular flexibility index (Phi) is 14.0. The first-order valence-electron chi connectivity index (χ1n) is 28.4. The third kappa shape index (κ3) is 10.3. The van der Waals surface area contributed by atoms with Crippen LogP contribution in [0.3, 0.4) is 0 Å². The summed E-state index contributed by atoms with van der Waals surface area (Å²) in [7, 11) is 0. The number of hydrogen-bond donors (Lipinski definition) is 0. The van der Waals surface area contributed by atoms with E-state index in [9.17, 15) is 0 Å². The van der Waals surface area contributed by atoms with E-state index in [1.165, 1.54) is 83.5 Å². The third-order valence-corrected chi connectivity index (χ3v) is 16.9. The second-order valence-corrected chi connectivity index (χ2v) is 23.3. The quantitative estimate of drug-likeness (QED) is 0.0952. The number of anilines is 3. The molecule has 0 atom stereocenters. The molecule has 9 aromatic carbocycles. The summed E-state index contributed by atoms with van der Waals surface area (Å²) < 4.78 is 11.1. The van der Waals surface area contributed by atoms with Crippen molar-refractivity contribution >= 4 is 53.5 Å². The van der Waals surface area contributed by atoms with Gasteiger partial charge in [-0.1, -0.05) is 217 Å². The number of rotatable bonds is 11. The minimum Gasteiger partial charge on any atom is -0.407 e. The first kappa shape index (κ1) is 53.5. The summed E-state index contributed by atoms with van der Waals surface area (Å²) >= 11 is 0. The largest absolute Gasteiger partial charge is 0.407 e. The van der Waals surface area contributed by atoms with Gasteiger partial charge in [-0.05, 0) is 193 Å². The van der Waals surface area contributed by atoms with Crippen LogP contribution >= 0.6 is 0 Å². The van der Waals surface area contributed by atoms with Crippen LogP contribution in [0.15, 0.2) is 182 Å². The van der Waals surface area contributed by atoms with Crippen LogP contribution in [0.5, 0.6) is 11.5 Å². The molecule has 3 aliphatic carbocycles. The van der Waals surface area contributed by atoms with E-state index in [0.29, 0.717) is 11.5 Å². The lowest BCUT2D eigenvalue weighted by molar-refractivity contribution is 0.520. The number of benzene rings is 9. The standard InChI is InChI=1S/C80H63NO2/c1-10-12-14-46-82-64-36-26-56(27-37-64)21-24-59-31-41-67-70-44-34-62(52-76(70)79(6,7)73(67)49-59)81(61-33-43-69-66-40-30-58(23-20-55-18-16-54(3)17-19-55)48-72(66)78(4,5)75(69)51-61)63-35-45-71-68-42-32-60(50-74(68)80(8,9)77(71)53-63)25-22-57-28-38-65(39-29-57)83-47-15-13-11-2/h16-45,48-53H,1-9H3/b23-20+,24-21+,25-22+. The smallest absolute Gasteiger partial charge is 0.140 e. The zero-order chi connectivity index (χ0) is 57.5. The molecule has 0 aliphatic heterocycles. The van der Waals surface area contributed by atoms with Crippen LogP contribution in [0.25, 0.3) is 69.8 Å². The van der Waals surface area contributed by atoms with E-state index in [0.717, 1.165) is 39.3 Å². The molecule has 83 heavy (non-hydrogen) atoms. The molecule has 0 spiro atoms. The van der Waals surface area contributed by atoms with Crippen LogP contribution in [-0.4, -0.2) is 0 Å². The lowest BCUT2D eigenvalue weighted by atomic mass is 9.81. The highest BCUT2D eigenvalue weighted by atomic mass is 16.5. The highest BCUT2D eigenvalue weighted by Gasteiger charge is 2.40. The van der Waals surface area contributed by atoms with Crippen LogP contribution in [0.2, 0.25) is 0 Å². The predicted molar refractivity (Wildman–Crippen MR) is 348 cm³/mol. The molecule has 0 fully saturated rings. The maximum atomic E-state index is 5.54. The Morgan fingerprint density at radius 3 is 0.892 bits per heavy atom. The summed E-state index contributed by atoms with van der Waals surface area (Å²) in [6.45, 7) is 19.9. The topological polar surface area (TPSA) is 21.7 Å². The van der Waals surface area contributed by atoms with Gasteiger partial charge in [0.05, 0.1) is 0 Å². The van der Waals surface area contributed by atoms with Crippen molar-refractivity contribution in [2.45, 2.75) is 78.6 Å². The van der Waals surface area contributed by atoms with Crippen molar-refractivity contribution in [3.8, 4) is 92.6 Å². The van der Waals surface area contributed by atoms with Crippen LogP contribution in [0, 0.1) is 54.7 Å². The Balaban J connectivity index is 0.890. The van der Waals surface area contributed by atoms with E-state index in [-0.39, 0.29) is 16.2 Å². The van der Waals surface area contributed by atoms with Gasteiger partial charge >= 0.3 is 0 Å². The fraction of sp³-hybridized carbons (Fsp3) is 0.150. The van der Waals surface area contributed by atoms with Crippen LogP contribution in [-0.2, 0) is 16.2 Å².